The van der Waals surface area contributed by atoms with Gasteiger partial charge in [0.25, 0.3) is 0 Å². The highest BCUT2D eigenvalue weighted by molar-refractivity contribution is 7.80. The normalized spacial score (nSPS) is 14.2. The maximum absolute atomic E-state index is 12.7. The van der Waals surface area contributed by atoms with E-state index in [0.717, 1.165) is 5.56 Å². The van der Waals surface area contributed by atoms with Gasteiger partial charge in [-0.1, -0.05) is 30.3 Å². The molecule has 0 spiro atoms. The first-order chi connectivity index (χ1) is 10.2. The van der Waals surface area contributed by atoms with Gasteiger partial charge in [0.15, 0.2) is 0 Å². The summed E-state index contributed by atoms with van der Waals surface area (Å²) in [5.41, 5.74) is 0.725. The molecule has 1 aromatic rings. The lowest BCUT2D eigenvalue weighted by atomic mass is 10.0. The minimum atomic E-state index is -4.72. The van der Waals surface area contributed by atoms with E-state index in [4.69, 9.17) is 5.11 Å². The standard InChI is InChI=1S/C14H16F3NO3S/c15-14(16,17)11(8-22)13(21)18-10(7-12(19)20)6-9-4-2-1-3-5-9/h1-5,10-11,22H,6-8H2,(H,18,21)(H,19,20)/t10-,11+/m0/s1. The van der Waals surface area contributed by atoms with Crippen LogP contribution in [0, 0.1) is 5.92 Å². The minimum Gasteiger partial charge on any atom is -0.481 e. The number of aliphatic carboxylic acids is 1. The molecular formula is C14H16F3NO3S. The lowest BCUT2D eigenvalue weighted by Crippen LogP contribution is -2.46. The zero-order valence-corrected chi connectivity index (χ0v) is 12.4. The van der Waals surface area contributed by atoms with Crippen LogP contribution in [0.1, 0.15) is 12.0 Å². The van der Waals surface area contributed by atoms with Gasteiger partial charge in [-0.25, -0.2) is 0 Å². The lowest BCUT2D eigenvalue weighted by Gasteiger charge is -2.22. The third kappa shape index (κ3) is 5.97. The van der Waals surface area contributed by atoms with E-state index >= 15 is 0 Å². The van der Waals surface area contributed by atoms with Gasteiger partial charge in [0.1, 0.15) is 5.92 Å². The fraction of sp³-hybridized carbons (Fsp3) is 0.429. The van der Waals surface area contributed by atoms with Crippen LogP contribution in [0.5, 0.6) is 0 Å². The van der Waals surface area contributed by atoms with Crippen molar-refractivity contribution in [2.24, 2.45) is 5.92 Å². The zero-order chi connectivity index (χ0) is 16.8. The van der Waals surface area contributed by atoms with Gasteiger partial charge >= 0.3 is 12.1 Å². The van der Waals surface area contributed by atoms with Gasteiger partial charge in [-0.3, -0.25) is 9.59 Å². The lowest BCUT2D eigenvalue weighted by molar-refractivity contribution is -0.178. The average Bonchev–Trinajstić information content (AvgIpc) is 2.37. The van der Waals surface area contributed by atoms with E-state index in [9.17, 15) is 22.8 Å². The largest absolute Gasteiger partial charge is 0.481 e. The Balaban J connectivity index is 2.80. The van der Waals surface area contributed by atoms with Crippen LogP contribution in [-0.4, -0.2) is 35.0 Å². The Morgan fingerprint density at radius 1 is 1.23 bits per heavy atom. The summed E-state index contributed by atoms with van der Waals surface area (Å²) < 4.78 is 38.1. The summed E-state index contributed by atoms with van der Waals surface area (Å²) in [6.07, 6.45) is -5.04. The number of halogens is 3. The number of thiol groups is 1. The number of nitrogens with one attached hydrogen (secondary N) is 1. The van der Waals surface area contributed by atoms with Crippen molar-refractivity contribution in [1.29, 1.82) is 0 Å². The Morgan fingerprint density at radius 3 is 2.27 bits per heavy atom. The summed E-state index contributed by atoms with van der Waals surface area (Å²) in [6, 6.07) is 7.70. The predicted octanol–water partition coefficient (Wildman–Crippen LogP) is 2.30. The van der Waals surface area contributed by atoms with Crippen molar-refractivity contribution in [1.82, 2.24) is 5.32 Å². The van der Waals surface area contributed by atoms with E-state index in [-0.39, 0.29) is 6.42 Å². The second-order valence-corrected chi connectivity index (χ2v) is 5.14. The molecule has 1 aromatic carbocycles. The summed E-state index contributed by atoms with van der Waals surface area (Å²) in [4.78, 5) is 22.6. The topological polar surface area (TPSA) is 66.4 Å². The monoisotopic (exact) mass is 335 g/mol. The number of benzene rings is 1. The Morgan fingerprint density at radius 2 is 1.82 bits per heavy atom. The first kappa shape index (κ1) is 18.3. The van der Waals surface area contributed by atoms with Crippen LogP contribution in [0.3, 0.4) is 0 Å². The van der Waals surface area contributed by atoms with Crippen molar-refractivity contribution in [3.8, 4) is 0 Å². The van der Waals surface area contributed by atoms with E-state index in [1.54, 1.807) is 30.3 Å². The number of alkyl halides is 3. The molecule has 0 saturated carbocycles. The van der Waals surface area contributed by atoms with Gasteiger partial charge in [0.2, 0.25) is 5.91 Å². The molecule has 0 aliphatic rings. The quantitative estimate of drug-likeness (QED) is 0.670. The van der Waals surface area contributed by atoms with Crippen molar-refractivity contribution in [3.63, 3.8) is 0 Å². The molecule has 0 unspecified atom stereocenters. The number of hydrogen-bond acceptors (Lipinski definition) is 3. The molecule has 22 heavy (non-hydrogen) atoms. The van der Waals surface area contributed by atoms with E-state index in [0.29, 0.717) is 0 Å². The molecule has 8 heteroatoms. The summed E-state index contributed by atoms with van der Waals surface area (Å²) in [7, 11) is 0. The zero-order valence-electron chi connectivity index (χ0n) is 11.5. The molecule has 2 N–H and O–H groups in total. The number of rotatable bonds is 7. The van der Waals surface area contributed by atoms with E-state index in [2.05, 4.69) is 17.9 Å². The van der Waals surface area contributed by atoms with Crippen molar-refractivity contribution < 1.29 is 27.9 Å². The third-order valence-corrected chi connectivity index (χ3v) is 3.35. The number of carbonyl (C=O) groups excluding carboxylic acids is 1. The number of hydrogen-bond donors (Lipinski definition) is 3. The fourth-order valence-corrected chi connectivity index (χ4v) is 2.29. The molecule has 0 aliphatic carbocycles. The van der Waals surface area contributed by atoms with Crippen LogP contribution in [0.2, 0.25) is 0 Å². The maximum Gasteiger partial charge on any atom is 0.401 e. The van der Waals surface area contributed by atoms with Gasteiger partial charge in [0.05, 0.1) is 6.42 Å². The fourth-order valence-electron chi connectivity index (χ4n) is 1.92. The first-order valence-corrected chi connectivity index (χ1v) is 7.11. The van der Waals surface area contributed by atoms with Crippen LogP contribution in [0.15, 0.2) is 30.3 Å². The highest BCUT2D eigenvalue weighted by Crippen LogP contribution is 2.27. The first-order valence-electron chi connectivity index (χ1n) is 6.47. The summed E-state index contributed by atoms with van der Waals surface area (Å²) in [6.45, 7) is 0. The molecule has 1 amide bonds. The van der Waals surface area contributed by atoms with Gasteiger partial charge in [-0.05, 0) is 12.0 Å². The number of carboxylic acids is 1. The highest BCUT2D eigenvalue weighted by atomic mass is 32.1. The van der Waals surface area contributed by atoms with Crippen LogP contribution in [0.4, 0.5) is 13.2 Å². The molecule has 0 heterocycles. The van der Waals surface area contributed by atoms with Gasteiger partial charge < -0.3 is 10.4 Å². The minimum absolute atomic E-state index is 0.135. The van der Waals surface area contributed by atoms with Crippen LogP contribution in [0.25, 0.3) is 0 Å². The molecule has 4 nitrogen and oxygen atoms in total. The number of carbonyl (C=O) groups is 2. The van der Waals surface area contributed by atoms with Gasteiger partial charge in [-0.2, -0.15) is 25.8 Å². The maximum atomic E-state index is 12.7. The molecule has 0 fully saturated rings. The SMILES string of the molecule is O=C(O)C[C@H](Cc1ccccc1)NC(=O)[C@@H](CS)C(F)(F)F. The van der Waals surface area contributed by atoms with Crippen LogP contribution in [-0.2, 0) is 16.0 Å². The number of amides is 1. The second kappa shape index (κ2) is 8.07. The third-order valence-electron chi connectivity index (χ3n) is 2.99. The predicted molar refractivity (Wildman–Crippen MR) is 77.7 cm³/mol. The summed E-state index contributed by atoms with van der Waals surface area (Å²) >= 11 is 3.54. The molecule has 0 bridgehead atoms. The van der Waals surface area contributed by atoms with Crippen LogP contribution < -0.4 is 5.32 Å². The number of carboxylic acid groups (broad SMARTS) is 1. The van der Waals surface area contributed by atoms with Crippen molar-refractivity contribution in [2.75, 3.05) is 5.75 Å². The molecule has 0 aromatic heterocycles. The van der Waals surface area contributed by atoms with Gasteiger partial charge in [0, 0.05) is 11.8 Å². The second-order valence-electron chi connectivity index (χ2n) is 4.77. The Bertz CT molecular complexity index is 508. The molecule has 0 saturated heterocycles. The van der Waals surface area contributed by atoms with E-state index in [1.807, 2.05) is 0 Å². The van der Waals surface area contributed by atoms with E-state index < -0.39 is 42.2 Å². The molecule has 2 atom stereocenters. The Labute approximate surface area is 131 Å². The molecule has 0 radical (unpaired) electrons. The Kier molecular flexibility index (Phi) is 6.73. The smallest absolute Gasteiger partial charge is 0.401 e. The van der Waals surface area contributed by atoms with Gasteiger partial charge in [-0.15, -0.1) is 0 Å². The Hall–Kier alpha value is -1.70. The average molecular weight is 335 g/mol. The van der Waals surface area contributed by atoms with E-state index in [1.165, 1.54) is 0 Å². The highest BCUT2D eigenvalue weighted by Gasteiger charge is 2.44. The molecule has 0 aliphatic heterocycles. The molecular weight excluding hydrogens is 319 g/mol. The van der Waals surface area contributed by atoms with Crippen molar-refractivity contribution in [2.45, 2.75) is 25.1 Å². The summed E-state index contributed by atoms with van der Waals surface area (Å²) in [5.74, 6) is -5.41. The van der Waals surface area contributed by atoms with Crippen molar-refractivity contribution in [3.05, 3.63) is 35.9 Å². The molecule has 1 rings (SSSR count). The van der Waals surface area contributed by atoms with Crippen LogP contribution >= 0.6 is 12.6 Å². The summed E-state index contributed by atoms with van der Waals surface area (Å²) in [5, 5.41) is 11.0. The molecule has 122 valence electrons. The van der Waals surface area contributed by atoms with Crippen molar-refractivity contribution >= 4 is 24.5 Å².